The van der Waals surface area contributed by atoms with E-state index in [0.717, 1.165) is 11.1 Å². The van der Waals surface area contributed by atoms with Crippen molar-refractivity contribution in [3.05, 3.63) is 81.2 Å². The molecule has 0 atom stereocenters. The van der Waals surface area contributed by atoms with E-state index in [1.807, 2.05) is 30.3 Å². The number of hydrogen-bond acceptors (Lipinski definition) is 1. The maximum Gasteiger partial charge on any atom is 0.523 e. The Morgan fingerprint density at radius 1 is 1.00 bits per heavy atom. The van der Waals surface area contributed by atoms with E-state index in [9.17, 15) is 0 Å². The monoisotopic (exact) mass is 242 g/mol. The molecule has 0 saturated heterocycles. The molecule has 0 fully saturated rings. The molecule has 0 aromatic heterocycles. The second-order valence-electron chi connectivity index (χ2n) is 3.80. The number of benzene rings is 1. The molecule has 0 unspecified atom stereocenters. The van der Waals surface area contributed by atoms with E-state index in [2.05, 4.69) is 14.5 Å². The molecule has 0 radical (unpaired) electrons. The highest BCUT2D eigenvalue weighted by Gasteiger charge is 2.29. The second kappa shape index (κ2) is 4.89. The van der Waals surface area contributed by atoms with E-state index < -0.39 is 0 Å². The average molecular weight is 242 g/mol. The Morgan fingerprint density at radius 2 is 1.58 bits per heavy atom. The third-order valence-corrected chi connectivity index (χ3v) is 2.92. The zero-order valence-corrected chi connectivity index (χ0v) is 9.81. The number of allylic oxidation sites excluding steroid dienone is 3. The summed E-state index contributed by atoms with van der Waals surface area (Å²) < 4.78 is 0. The van der Waals surface area contributed by atoms with Crippen LogP contribution in [-0.4, -0.2) is 0 Å². The van der Waals surface area contributed by atoms with Crippen molar-refractivity contribution in [1.82, 2.24) is 0 Å². The quantitative estimate of drug-likeness (QED) is 0.504. The molecule has 0 heterocycles. The summed E-state index contributed by atoms with van der Waals surface area (Å²) in [5, 5.41) is 8.99. The molecular weight excluding hydrogens is 236 g/mol. The highest BCUT2D eigenvalue weighted by molar-refractivity contribution is 5.96. The van der Waals surface area contributed by atoms with Crippen LogP contribution in [0.4, 0.5) is 0 Å². The molecular formula is C15H6N4. The van der Waals surface area contributed by atoms with Gasteiger partial charge in [0.15, 0.2) is 0 Å². The van der Waals surface area contributed by atoms with Gasteiger partial charge in [0.1, 0.15) is 13.1 Å². The maximum absolute atomic E-state index is 8.99. The smallest absolute Gasteiger partial charge is 0.226 e. The van der Waals surface area contributed by atoms with Gasteiger partial charge < -0.3 is 0 Å². The lowest BCUT2D eigenvalue weighted by Crippen LogP contribution is -1.82. The summed E-state index contributed by atoms with van der Waals surface area (Å²) in [4.78, 5) is 9.67. The Labute approximate surface area is 111 Å². The lowest BCUT2D eigenvalue weighted by Gasteiger charge is -1.98. The second-order valence-corrected chi connectivity index (χ2v) is 3.80. The lowest BCUT2D eigenvalue weighted by atomic mass is 10.1. The summed E-state index contributed by atoms with van der Waals surface area (Å²) in [6.07, 6.45) is 0.296. The first kappa shape index (κ1) is 12.1. The number of hydrogen-bond donors (Lipinski definition) is 0. The Morgan fingerprint density at radius 3 is 2.05 bits per heavy atom. The van der Waals surface area contributed by atoms with Gasteiger partial charge in [0.25, 0.3) is 5.70 Å². The van der Waals surface area contributed by atoms with Crippen LogP contribution in [0.5, 0.6) is 0 Å². The van der Waals surface area contributed by atoms with Gasteiger partial charge in [-0.1, -0.05) is 24.3 Å². The van der Waals surface area contributed by atoms with Crippen LogP contribution in [0.3, 0.4) is 0 Å². The highest BCUT2D eigenvalue weighted by Crippen LogP contribution is 2.44. The first-order valence-electron chi connectivity index (χ1n) is 5.35. The third-order valence-electron chi connectivity index (χ3n) is 2.92. The summed E-state index contributed by atoms with van der Waals surface area (Å²) in [6, 6.07) is 9.13. The Kier molecular flexibility index (Phi) is 3.12. The number of rotatable bonds is 0. The molecule has 0 saturated carbocycles. The largest absolute Gasteiger partial charge is 0.523 e. The standard InChI is InChI=1S/C15H6N4/c1-17-14(9-16)12-8-13(15(18-2)19-3)11-7-5-4-6-10(11)12/h4-7H,8H2/b14-12-. The van der Waals surface area contributed by atoms with Crippen LogP contribution in [0.25, 0.3) is 25.7 Å². The normalized spacial score (nSPS) is 14.4. The van der Waals surface area contributed by atoms with Crippen LogP contribution in [0, 0.1) is 31.0 Å². The van der Waals surface area contributed by atoms with E-state index >= 15 is 0 Å². The molecule has 0 bridgehead atoms. The summed E-state index contributed by atoms with van der Waals surface area (Å²) >= 11 is 0. The molecule has 2 rings (SSSR count). The van der Waals surface area contributed by atoms with Crippen molar-refractivity contribution in [3.8, 4) is 6.07 Å². The molecule has 1 aromatic carbocycles. The molecule has 0 spiro atoms. The Hall–Kier alpha value is -3.34. The van der Waals surface area contributed by atoms with Crippen LogP contribution in [-0.2, 0) is 0 Å². The van der Waals surface area contributed by atoms with Gasteiger partial charge in [-0.2, -0.15) is 9.69 Å². The Bertz CT molecular complexity index is 684. The average Bonchev–Trinajstić information content (AvgIpc) is 2.82. The minimum Gasteiger partial charge on any atom is -0.226 e. The van der Waals surface area contributed by atoms with Gasteiger partial charge in [0.2, 0.25) is 0 Å². The molecule has 0 N–H and O–H groups in total. The molecule has 86 valence electrons. The molecule has 1 aromatic rings. The van der Waals surface area contributed by atoms with E-state index in [-0.39, 0.29) is 11.5 Å². The van der Waals surface area contributed by atoms with Crippen molar-refractivity contribution in [2.75, 3.05) is 0 Å². The number of nitriles is 1. The van der Waals surface area contributed by atoms with E-state index in [1.165, 1.54) is 0 Å². The molecule has 1 aliphatic carbocycles. The zero-order chi connectivity index (χ0) is 13.8. The van der Waals surface area contributed by atoms with Crippen LogP contribution in [0.15, 0.2) is 35.8 Å². The fraction of sp³-hybridized carbons (Fsp3) is 0.0667. The predicted octanol–water partition coefficient (Wildman–Crippen LogP) is 3.75. The summed E-state index contributed by atoms with van der Waals surface area (Å²) in [5.41, 5.74) is 2.78. The molecule has 0 aliphatic heterocycles. The predicted molar refractivity (Wildman–Crippen MR) is 70.3 cm³/mol. The van der Waals surface area contributed by atoms with Gasteiger partial charge in [-0.15, -0.1) is 0 Å². The first-order valence-corrected chi connectivity index (χ1v) is 5.35. The van der Waals surface area contributed by atoms with Crippen LogP contribution in [0.2, 0.25) is 0 Å². The van der Waals surface area contributed by atoms with E-state index in [4.69, 9.17) is 25.0 Å². The van der Waals surface area contributed by atoms with Crippen LogP contribution in [0.1, 0.15) is 17.5 Å². The van der Waals surface area contributed by atoms with Crippen molar-refractivity contribution in [2.24, 2.45) is 0 Å². The van der Waals surface area contributed by atoms with Crippen molar-refractivity contribution in [1.29, 1.82) is 5.26 Å². The van der Waals surface area contributed by atoms with Gasteiger partial charge in [0.05, 0.1) is 18.2 Å². The highest BCUT2D eigenvalue weighted by atomic mass is 14.9. The summed E-state index contributed by atoms with van der Waals surface area (Å²) in [6.45, 7) is 21.1. The SMILES string of the molecule is [C-]#[N+]C([N+]#[C-])=C1C/C(=C(\C#N)[N+]#[C-])c2ccccc21. The summed E-state index contributed by atoms with van der Waals surface area (Å²) in [7, 11) is 0. The topological polar surface area (TPSA) is 36.9 Å². The minimum atomic E-state index is 0.00437. The van der Waals surface area contributed by atoms with E-state index in [1.54, 1.807) is 0 Å². The van der Waals surface area contributed by atoms with E-state index in [0.29, 0.717) is 17.6 Å². The van der Waals surface area contributed by atoms with Crippen molar-refractivity contribution in [3.63, 3.8) is 0 Å². The van der Waals surface area contributed by atoms with Gasteiger partial charge in [0, 0.05) is 0 Å². The van der Waals surface area contributed by atoms with Crippen molar-refractivity contribution >= 4 is 11.1 Å². The minimum absolute atomic E-state index is 0.00437. The molecule has 4 nitrogen and oxygen atoms in total. The number of nitrogens with zero attached hydrogens (tertiary/aromatic N) is 4. The van der Waals surface area contributed by atoms with Gasteiger partial charge in [-0.25, -0.2) is 10.1 Å². The molecule has 19 heavy (non-hydrogen) atoms. The molecule has 0 amide bonds. The van der Waals surface area contributed by atoms with Gasteiger partial charge in [-0.3, -0.25) is 0 Å². The van der Waals surface area contributed by atoms with Crippen LogP contribution < -0.4 is 0 Å². The lowest BCUT2D eigenvalue weighted by molar-refractivity contribution is 1.43. The molecule has 1 aliphatic rings. The number of fused-ring (bicyclic) bond motifs is 1. The van der Waals surface area contributed by atoms with Crippen molar-refractivity contribution in [2.45, 2.75) is 6.42 Å². The first-order chi connectivity index (χ1) is 9.26. The van der Waals surface area contributed by atoms with Crippen LogP contribution >= 0.6 is 0 Å². The fourth-order valence-corrected chi connectivity index (χ4v) is 2.11. The Balaban J connectivity index is 2.82. The van der Waals surface area contributed by atoms with Gasteiger partial charge in [-0.05, 0) is 23.1 Å². The zero-order valence-electron chi connectivity index (χ0n) is 9.81. The third kappa shape index (κ3) is 1.85. The summed E-state index contributed by atoms with van der Waals surface area (Å²) in [5.74, 6) is 0.00437. The maximum atomic E-state index is 8.99. The molecule has 4 heteroatoms. The fourth-order valence-electron chi connectivity index (χ4n) is 2.11. The van der Waals surface area contributed by atoms with Gasteiger partial charge >= 0.3 is 5.82 Å². The van der Waals surface area contributed by atoms with Crippen molar-refractivity contribution < 1.29 is 0 Å².